The third-order valence-corrected chi connectivity index (χ3v) is 12.1. The normalized spacial score (nSPS) is 17.2. The molecule has 2 unspecified atom stereocenters. The van der Waals surface area contributed by atoms with Crippen molar-refractivity contribution >= 4 is 32.8 Å². The molecular weight excluding hydrogens is 639 g/mol. The van der Waals surface area contributed by atoms with Crippen LogP contribution in [0, 0.1) is 13.8 Å². The molecule has 262 valence electrons. The van der Waals surface area contributed by atoms with Crippen LogP contribution in [0.15, 0.2) is 152 Å². The number of benzene rings is 7. The second-order valence-corrected chi connectivity index (χ2v) is 15.7. The monoisotopic (exact) mass is 687 g/mol. The zero-order valence-electron chi connectivity index (χ0n) is 31.2. The summed E-state index contributed by atoms with van der Waals surface area (Å²) >= 11 is 0. The van der Waals surface area contributed by atoms with Crippen LogP contribution < -0.4 is 4.90 Å². The molecule has 7 aromatic rings. The third kappa shape index (κ3) is 6.82. The van der Waals surface area contributed by atoms with Gasteiger partial charge in [-0.2, -0.15) is 0 Å². The maximum Gasteiger partial charge on any atom is 0.0458 e. The Morgan fingerprint density at radius 1 is 0.566 bits per heavy atom. The van der Waals surface area contributed by atoms with E-state index in [2.05, 4.69) is 170 Å². The fraction of sp³-hybridized carbons (Fsp3) is 0.231. The molecule has 1 aliphatic heterocycles. The van der Waals surface area contributed by atoms with Crippen LogP contribution in [-0.4, -0.2) is 6.54 Å². The zero-order valence-corrected chi connectivity index (χ0v) is 31.2. The molecule has 0 saturated carbocycles. The molecule has 0 saturated heterocycles. The lowest BCUT2D eigenvalue weighted by atomic mass is 9.71. The van der Waals surface area contributed by atoms with Gasteiger partial charge in [-0.05, 0) is 131 Å². The van der Waals surface area contributed by atoms with Crippen molar-refractivity contribution in [2.75, 3.05) is 11.4 Å². The summed E-state index contributed by atoms with van der Waals surface area (Å²) < 4.78 is 0. The van der Waals surface area contributed by atoms with Crippen molar-refractivity contribution in [2.24, 2.45) is 0 Å². The van der Waals surface area contributed by atoms with Crippen LogP contribution in [0.5, 0.6) is 0 Å². The van der Waals surface area contributed by atoms with Crippen LogP contribution in [-0.2, 0) is 25.8 Å². The number of hydrogen-bond donors (Lipinski definition) is 0. The smallest absolute Gasteiger partial charge is 0.0458 e. The largest absolute Gasteiger partial charge is 0.362 e. The molecule has 0 amide bonds. The highest BCUT2D eigenvalue weighted by Gasteiger charge is 2.29. The van der Waals surface area contributed by atoms with E-state index in [0.29, 0.717) is 11.8 Å². The van der Waals surface area contributed by atoms with E-state index < -0.39 is 0 Å². The summed E-state index contributed by atoms with van der Waals surface area (Å²) in [5, 5.41) is 5.63. The topological polar surface area (TPSA) is 3.24 Å². The molecule has 9 rings (SSSR count). The molecule has 1 aliphatic carbocycles. The SMILES string of the molecule is Cc1ccc(CC2CC(CCc3ccccc3CCC=C3CN(Cc4ccc(C)cc4)c4cccc5cccc3c45)c3cccc4cccc2c34)cc1. The number of allylic oxidation sites excluding steroid dienone is 1. The minimum absolute atomic E-state index is 0.541. The van der Waals surface area contributed by atoms with Gasteiger partial charge in [0.15, 0.2) is 0 Å². The predicted octanol–water partition coefficient (Wildman–Crippen LogP) is 13.1. The van der Waals surface area contributed by atoms with Crippen molar-refractivity contribution in [3.63, 3.8) is 0 Å². The van der Waals surface area contributed by atoms with E-state index in [4.69, 9.17) is 0 Å². The van der Waals surface area contributed by atoms with Gasteiger partial charge in [0, 0.05) is 24.2 Å². The van der Waals surface area contributed by atoms with E-state index in [1.807, 2.05) is 0 Å². The van der Waals surface area contributed by atoms with Gasteiger partial charge in [-0.3, -0.25) is 0 Å². The number of hydrogen-bond acceptors (Lipinski definition) is 1. The van der Waals surface area contributed by atoms with Gasteiger partial charge in [-0.1, -0.05) is 157 Å². The van der Waals surface area contributed by atoms with Crippen molar-refractivity contribution in [3.8, 4) is 0 Å². The minimum Gasteiger partial charge on any atom is -0.362 e. The van der Waals surface area contributed by atoms with Gasteiger partial charge in [0.2, 0.25) is 0 Å². The molecule has 1 heterocycles. The van der Waals surface area contributed by atoms with Crippen LogP contribution in [0.4, 0.5) is 5.69 Å². The van der Waals surface area contributed by atoms with Gasteiger partial charge < -0.3 is 4.90 Å². The van der Waals surface area contributed by atoms with Crippen molar-refractivity contribution in [3.05, 3.63) is 202 Å². The summed E-state index contributed by atoms with van der Waals surface area (Å²) in [5.74, 6) is 1.10. The Bertz CT molecular complexity index is 2420. The second kappa shape index (κ2) is 14.6. The van der Waals surface area contributed by atoms with Crippen LogP contribution in [0.3, 0.4) is 0 Å². The van der Waals surface area contributed by atoms with Crippen LogP contribution in [0.2, 0.25) is 0 Å². The first-order valence-corrected chi connectivity index (χ1v) is 19.7. The molecule has 0 bridgehead atoms. The van der Waals surface area contributed by atoms with Gasteiger partial charge >= 0.3 is 0 Å². The summed E-state index contributed by atoms with van der Waals surface area (Å²) in [6.07, 6.45) is 9.26. The predicted molar refractivity (Wildman–Crippen MR) is 226 cm³/mol. The minimum atomic E-state index is 0.541. The van der Waals surface area contributed by atoms with E-state index in [-0.39, 0.29) is 0 Å². The molecule has 0 aromatic heterocycles. The lowest BCUT2D eigenvalue weighted by molar-refractivity contribution is 0.493. The Hall–Kier alpha value is -5.40. The van der Waals surface area contributed by atoms with Crippen LogP contribution in [0.25, 0.3) is 27.1 Å². The summed E-state index contributed by atoms with van der Waals surface area (Å²) in [6.45, 7) is 6.20. The van der Waals surface area contributed by atoms with E-state index in [1.165, 1.54) is 84.6 Å². The zero-order chi connectivity index (χ0) is 35.7. The van der Waals surface area contributed by atoms with Gasteiger partial charge in [-0.25, -0.2) is 0 Å². The van der Waals surface area contributed by atoms with Crippen LogP contribution >= 0.6 is 0 Å². The number of aryl methyl sites for hydroxylation is 4. The molecule has 0 N–H and O–H groups in total. The fourth-order valence-electron chi connectivity index (χ4n) is 9.39. The Balaban J connectivity index is 0.948. The molecule has 0 fully saturated rings. The maximum absolute atomic E-state index is 2.58. The highest BCUT2D eigenvalue weighted by molar-refractivity contribution is 6.05. The summed E-state index contributed by atoms with van der Waals surface area (Å²) in [4.78, 5) is 2.58. The fourth-order valence-corrected chi connectivity index (χ4v) is 9.39. The lowest BCUT2D eigenvalue weighted by Crippen LogP contribution is -2.28. The summed E-state index contributed by atoms with van der Waals surface area (Å²) in [5.41, 5.74) is 15.8. The first kappa shape index (κ1) is 33.4. The van der Waals surface area contributed by atoms with Crippen molar-refractivity contribution in [2.45, 2.75) is 70.8 Å². The van der Waals surface area contributed by atoms with E-state index in [1.54, 1.807) is 11.1 Å². The average molecular weight is 688 g/mol. The molecule has 0 radical (unpaired) electrons. The lowest BCUT2D eigenvalue weighted by Gasteiger charge is -2.33. The first-order valence-electron chi connectivity index (χ1n) is 19.7. The number of anilines is 1. The van der Waals surface area contributed by atoms with Gasteiger partial charge in [0.1, 0.15) is 0 Å². The van der Waals surface area contributed by atoms with Crippen molar-refractivity contribution < 1.29 is 0 Å². The molecule has 53 heavy (non-hydrogen) atoms. The Labute approximate surface area is 315 Å². The molecule has 1 heteroatoms. The standard InChI is InChI=1S/C52H49N/c1-36-22-26-38(27-23-36)32-46-33-44(47-18-6-13-42-14-7-20-49(46)51(42)47)31-30-41-11-4-3-10-40(41)12-5-17-45-35-53(34-39-28-24-37(2)25-29-39)50-21-9-16-43-15-8-19-48(45)52(43)50/h3-4,6-11,13-29,44,46H,5,12,30-35H2,1-2H3. The maximum atomic E-state index is 2.58. The van der Waals surface area contributed by atoms with E-state index >= 15 is 0 Å². The Morgan fingerprint density at radius 2 is 1.17 bits per heavy atom. The van der Waals surface area contributed by atoms with Gasteiger partial charge in [-0.15, -0.1) is 0 Å². The van der Waals surface area contributed by atoms with Crippen molar-refractivity contribution in [1.82, 2.24) is 0 Å². The Kier molecular flexibility index (Phi) is 9.18. The average Bonchev–Trinajstić information content (AvgIpc) is 3.19. The first-order chi connectivity index (χ1) is 26.1. The molecular formula is C52H49N. The Morgan fingerprint density at radius 3 is 1.89 bits per heavy atom. The van der Waals surface area contributed by atoms with E-state index in [9.17, 15) is 0 Å². The highest BCUT2D eigenvalue weighted by atomic mass is 15.1. The quantitative estimate of drug-likeness (QED) is 0.138. The molecule has 7 aromatic carbocycles. The molecule has 1 nitrogen and oxygen atoms in total. The molecule has 0 spiro atoms. The molecule has 2 aliphatic rings. The van der Waals surface area contributed by atoms with Gasteiger partial charge in [0.25, 0.3) is 0 Å². The summed E-state index contributed by atoms with van der Waals surface area (Å²) in [6, 6.07) is 55.1. The number of nitrogens with zero attached hydrogens (tertiary/aromatic N) is 1. The van der Waals surface area contributed by atoms with Crippen LogP contribution in [0.1, 0.15) is 81.2 Å². The molecule has 2 atom stereocenters. The van der Waals surface area contributed by atoms with E-state index in [0.717, 1.165) is 38.8 Å². The van der Waals surface area contributed by atoms with Crippen molar-refractivity contribution in [1.29, 1.82) is 0 Å². The number of rotatable bonds is 10. The summed E-state index contributed by atoms with van der Waals surface area (Å²) in [7, 11) is 0. The van der Waals surface area contributed by atoms with Gasteiger partial charge in [0.05, 0.1) is 0 Å². The second-order valence-electron chi connectivity index (χ2n) is 15.7. The third-order valence-electron chi connectivity index (χ3n) is 12.1. The highest BCUT2D eigenvalue weighted by Crippen LogP contribution is 2.46.